The van der Waals surface area contributed by atoms with Gasteiger partial charge in [0, 0.05) is 54.1 Å². The maximum absolute atomic E-state index is 13.5. The number of nitrogens with two attached hydrogens (primary N) is 2. The Balaban J connectivity index is 1.61. The molecule has 0 saturated heterocycles. The molecule has 0 radical (unpaired) electrons. The second-order valence-corrected chi connectivity index (χ2v) is 9.17. The van der Waals surface area contributed by atoms with E-state index in [-0.39, 0.29) is 43.5 Å². The Labute approximate surface area is 203 Å². The fraction of sp³-hybridized carbons (Fsp3) is 0.385. The summed E-state index contributed by atoms with van der Waals surface area (Å²) in [5.74, 6) is -2.99. The van der Waals surface area contributed by atoms with E-state index >= 15 is 0 Å². The van der Waals surface area contributed by atoms with Crippen LogP contribution in [0.5, 0.6) is 0 Å². The second kappa shape index (κ2) is 10.4. The Morgan fingerprint density at radius 1 is 1.11 bits per heavy atom. The first-order chi connectivity index (χ1) is 16.8. The highest BCUT2D eigenvalue weighted by Crippen LogP contribution is 2.33. The number of amidine groups is 1. The lowest BCUT2D eigenvalue weighted by molar-refractivity contribution is -0.0399. The Kier molecular flexibility index (Phi) is 7.35. The number of fused-ring (bicyclic) bond motifs is 1. The van der Waals surface area contributed by atoms with Gasteiger partial charge in [-0.25, -0.2) is 8.78 Å². The highest BCUT2D eigenvalue weighted by Gasteiger charge is 2.35. The van der Waals surface area contributed by atoms with Crippen LogP contribution in [0.4, 0.5) is 14.5 Å². The van der Waals surface area contributed by atoms with Crippen LogP contribution >= 0.6 is 0 Å². The molecule has 1 amide bonds. The number of nitrogen functional groups attached to an aromatic ring is 1. The number of anilines is 1. The molecule has 4 rings (SSSR count). The molecule has 0 bridgehead atoms. The number of nitrogens with zero attached hydrogens (tertiary/aromatic N) is 1. The van der Waals surface area contributed by atoms with Gasteiger partial charge in [0.2, 0.25) is 5.92 Å². The topological polar surface area (TPSA) is 122 Å². The van der Waals surface area contributed by atoms with Crippen LogP contribution < -0.4 is 22.1 Å². The summed E-state index contributed by atoms with van der Waals surface area (Å²) in [6.07, 6.45) is 0.966. The number of rotatable bonds is 9. The minimum atomic E-state index is -2.65. The first-order valence-electron chi connectivity index (χ1n) is 11.9. The summed E-state index contributed by atoms with van der Waals surface area (Å²) >= 11 is 0. The standard InChI is InChI=1S/C26H32F2N6O/c27-26(28)10-8-21(9-11-26)33-25(35)23-14-18-4-5-19(24(30)31)15-22(18)34(23)16-17-2-6-20(7-3-17)32-13-1-12-29/h2-7,14-15,21,32H,1,8-13,16,29H2,(H3,30,31)(H,33,35). The average molecular weight is 483 g/mol. The molecule has 186 valence electrons. The van der Waals surface area contributed by atoms with Gasteiger partial charge in [-0.2, -0.15) is 0 Å². The number of halogens is 2. The lowest BCUT2D eigenvalue weighted by Crippen LogP contribution is -2.40. The maximum atomic E-state index is 13.5. The van der Waals surface area contributed by atoms with Gasteiger partial charge >= 0.3 is 0 Å². The van der Waals surface area contributed by atoms with Crippen molar-refractivity contribution >= 4 is 28.3 Å². The van der Waals surface area contributed by atoms with Crippen molar-refractivity contribution in [2.24, 2.45) is 11.5 Å². The van der Waals surface area contributed by atoms with Crippen molar-refractivity contribution in [2.75, 3.05) is 18.4 Å². The molecule has 3 aromatic rings. The van der Waals surface area contributed by atoms with Gasteiger partial charge < -0.3 is 26.7 Å². The predicted molar refractivity (Wildman–Crippen MR) is 135 cm³/mol. The van der Waals surface area contributed by atoms with E-state index in [0.29, 0.717) is 24.3 Å². The summed E-state index contributed by atoms with van der Waals surface area (Å²) in [6.45, 7) is 1.85. The molecule has 0 spiro atoms. The molecule has 0 atom stereocenters. The number of carbonyl (C=O) groups excluding carboxylic acids is 1. The van der Waals surface area contributed by atoms with Crippen molar-refractivity contribution in [1.29, 1.82) is 5.41 Å². The van der Waals surface area contributed by atoms with E-state index in [2.05, 4.69) is 10.6 Å². The first-order valence-corrected chi connectivity index (χ1v) is 11.9. The molecule has 1 aliphatic carbocycles. The van der Waals surface area contributed by atoms with E-state index in [4.69, 9.17) is 16.9 Å². The molecular formula is C26H32F2N6O. The Hall–Kier alpha value is -3.46. The molecule has 1 fully saturated rings. The summed E-state index contributed by atoms with van der Waals surface area (Å²) < 4.78 is 29.0. The van der Waals surface area contributed by atoms with Crippen LogP contribution in [-0.4, -0.2) is 41.4 Å². The van der Waals surface area contributed by atoms with Gasteiger partial charge in [-0.05, 0) is 55.6 Å². The first kappa shape index (κ1) is 24.7. The van der Waals surface area contributed by atoms with Gasteiger partial charge in [-0.3, -0.25) is 10.2 Å². The number of carbonyl (C=O) groups is 1. The van der Waals surface area contributed by atoms with E-state index in [1.54, 1.807) is 18.2 Å². The highest BCUT2D eigenvalue weighted by molar-refractivity contribution is 6.02. The normalized spacial score (nSPS) is 15.7. The molecule has 7 nitrogen and oxygen atoms in total. The molecule has 1 aromatic heterocycles. The van der Waals surface area contributed by atoms with E-state index in [0.717, 1.165) is 35.1 Å². The largest absolute Gasteiger partial charge is 0.385 e. The number of hydrogen-bond acceptors (Lipinski definition) is 4. The summed E-state index contributed by atoms with van der Waals surface area (Å²) in [5.41, 5.74) is 15.0. The number of aromatic nitrogens is 1. The number of alkyl halides is 2. The van der Waals surface area contributed by atoms with Crippen molar-refractivity contribution < 1.29 is 13.6 Å². The molecule has 0 aliphatic heterocycles. The smallest absolute Gasteiger partial charge is 0.268 e. The number of amides is 1. The number of hydrogen-bond donors (Lipinski definition) is 5. The van der Waals surface area contributed by atoms with E-state index in [9.17, 15) is 13.6 Å². The SMILES string of the molecule is N=C(N)c1ccc2cc(C(=O)NC3CCC(F)(F)CC3)n(Cc3ccc(NCCCN)cc3)c2c1. The van der Waals surface area contributed by atoms with Crippen molar-refractivity contribution in [2.45, 2.75) is 50.6 Å². The van der Waals surface area contributed by atoms with Crippen LogP contribution in [0, 0.1) is 5.41 Å². The lowest BCUT2D eigenvalue weighted by atomic mass is 9.92. The van der Waals surface area contributed by atoms with Crippen molar-refractivity contribution in [1.82, 2.24) is 9.88 Å². The fourth-order valence-electron chi connectivity index (χ4n) is 4.47. The Morgan fingerprint density at radius 3 is 2.49 bits per heavy atom. The zero-order chi connectivity index (χ0) is 25.0. The quantitative estimate of drug-likeness (QED) is 0.179. The van der Waals surface area contributed by atoms with Crippen LogP contribution in [0.3, 0.4) is 0 Å². The third-order valence-electron chi connectivity index (χ3n) is 6.50. The van der Waals surface area contributed by atoms with E-state index in [1.165, 1.54) is 0 Å². The second-order valence-electron chi connectivity index (χ2n) is 9.17. The highest BCUT2D eigenvalue weighted by atomic mass is 19.3. The predicted octanol–water partition coefficient (Wildman–Crippen LogP) is 4.04. The molecule has 7 N–H and O–H groups in total. The van der Waals surface area contributed by atoms with Crippen LogP contribution in [0.25, 0.3) is 10.9 Å². The number of nitrogens with one attached hydrogen (secondary N) is 3. The lowest BCUT2D eigenvalue weighted by Gasteiger charge is -2.28. The Morgan fingerprint density at radius 2 is 1.83 bits per heavy atom. The van der Waals surface area contributed by atoms with Gasteiger partial charge in [0.25, 0.3) is 5.91 Å². The third kappa shape index (κ3) is 5.97. The Bertz CT molecular complexity index is 1190. The minimum absolute atomic E-state index is 0.0540. The molecule has 9 heteroatoms. The molecule has 0 unspecified atom stereocenters. The van der Waals surface area contributed by atoms with Gasteiger partial charge in [0.05, 0.1) is 0 Å². The van der Waals surface area contributed by atoms with Crippen molar-refractivity contribution in [3.63, 3.8) is 0 Å². The summed E-state index contributed by atoms with van der Waals surface area (Å²) in [6, 6.07) is 14.9. The number of benzene rings is 2. The van der Waals surface area contributed by atoms with Crippen LogP contribution in [-0.2, 0) is 6.54 Å². The van der Waals surface area contributed by atoms with Gasteiger partial charge in [-0.15, -0.1) is 0 Å². The molecule has 2 aromatic carbocycles. The van der Waals surface area contributed by atoms with E-state index < -0.39 is 5.92 Å². The monoisotopic (exact) mass is 482 g/mol. The zero-order valence-electron chi connectivity index (χ0n) is 19.6. The minimum Gasteiger partial charge on any atom is -0.385 e. The molecular weight excluding hydrogens is 450 g/mol. The molecule has 1 heterocycles. The van der Waals surface area contributed by atoms with Gasteiger partial charge in [0.15, 0.2) is 0 Å². The maximum Gasteiger partial charge on any atom is 0.268 e. The van der Waals surface area contributed by atoms with Crippen LogP contribution in [0.15, 0.2) is 48.5 Å². The third-order valence-corrected chi connectivity index (χ3v) is 6.50. The summed E-state index contributed by atoms with van der Waals surface area (Å²) in [4.78, 5) is 13.3. The molecule has 35 heavy (non-hydrogen) atoms. The van der Waals surface area contributed by atoms with Gasteiger partial charge in [0.1, 0.15) is 11.5 Å². The molecule has 1 saturated carbocycles. The fourth-order valence-corrected chi connectivity index (χ4v) is 4.47. The van der Waals surface area contributed by atoms with Crippen LogP contribution in [0.2, 0.25) is 0 Å². The molecule has 1 aliphatic rings. The van der Waals surface area contributed by atoms with Gasteiger partial charge in [-0.1, -0.05) is 24.3 Å². The van der Waals surface area contributed by atoms with Crippen LogP contribution in [0.1, 0.15) is 53.7 Å². The van der Waals surface area contributed by atoms with Crippen molar-refractivity contribution in [3.8, 4) is 0 Å². The summed E-state index contributed by atoms with van der Waals surface area (Å²) in [5, 5.41) is 14.9. The average Bonchev–Trinajstić information content (AvgIpc) is 3.19. The van der Waals surface area contributed by atoms with Crippen molar-refractivity contribution in [3.05, 3.63) is 65.4 Å². The summed E-state index contributed by atoms with van der Waals surface area (Å²) in [7, 11) is 0. The zero-order valence-corrected chi connectivity index (χ0v) is 19.6. The van der Waals surface area contributed by atoms with E-state index in [1.807, 2.05) is 34.9 Å².